The number of hydrogen-bond donors (Lipinski definition) is 1. The first kappa shape index (κ1) is 10.4. The highest BCUT2D eigenvalue weighted by atomic mass is 35.5. The third-order valence-electron chi connectivity index (χ3n) is 1.60. The third kappa shape index (κ3) is 2.36. The topological polar surface area (TPSA) is 37.3 Å². The molecule has 4 heteroatoms. The normalized spacial score (nSPS) is 10.0. The van der Waals surface area contributed by atoms with E-state index in [0.29, 0.717) is 5.56 Å². The van der Waals surface area contributed by atoms with Crippen molar-refractivity contribution in [3.63, 3.8) is 0 Å². The average molecular weight is 219 g/mol. The van der Waals surface area contributed by atoms with Crippen LogP contribution in [0.15, 0.2) is 18.2 Å². The van der Waals surface area contributed by atoms with E-state index in [0.717, 1.165) is 0 Å². The summed E-state index contributed by atoms with van der Waals surface area (Å²) in [5.41, 5.74) is 0.322. The van der Waals surface area contributed by atoms with Crippen LogP contribution >= 0.6 is 23.2 Å². The van der Waals surface area contributed by atoms with Crippen molar-refractivity contribution in [2.45, 2.75) is 6.42 Å². The highest BCUT2D eigenvalue weighted by molar-refractivity contribution is 6.35. The molecule has 13 heavy (non-hydrogen) atoms. The summed E-state index contributed by atoms with van der Waals surface area (Å²) in [6.45, 7) is 0. The van der Waals surface area contributed by atoms with Gasteiger partial charge in [0, 0.05) is 17.9 Å². The van der Waals surface area contributed by atoms with Gasteiger partial charge in [0.15, 0.2) is 5.78 Å². The lowest BCUT2D eigenvalue weighted by Crippen LogP contribution is -2.00. The maximum Gasteiger partial charge on any atom is 0.165 e. The number of phenols is 1. The Morgan fingerprint density at radius 2 is 2.15 bits per heavy atom. The summed E-state index contributed by atoms with van der Waals surface area (Å²) >= 11 is 11.1. The number of Topliss-reactive ketones (excluding diaryl/α,β-unsaturated/α-hetero) is 1. The molecule has 0 aliphatic rings. The van der Waals surface area contributed by atoms with E-state index in [2.05, 4.69) is 0 Å². The first-order valence-electron chi connectivity index (χ1n) is 3.73. The molecule has 0 aliphatic carbocycles. The van der Waals surface area contributed by atoms with Crippen molar-refractivity contribution in [3.05, 3.63) is 28.8 Å². The smallest absolute Gasteiger partial charge is 0.165 e. The number of rotatable bonds is 3. The maximum absolute atomic E-state index is 11.3. The van der Waals surface area contributed by atoms with Gasteiger partial charge in [-0.25, -0.2) is 0 Å². The molecule has 0 unspecified atom stereocenters. The van der Waals surface area contributed by atoms with Gasteiger partial charge in [-0.15, -0.1) is 11.6 Å². The van der Waals surface area contributed by atoms with Gasteiger partial charge in [-0.3, -0.25) is 4.79 Å². The molecule has 0 atom stereocenters. The molecule has 0 saturated carbocycles. The zero-order chi connectivity index (χ0) is 9.84. The SMILES string of the molecule is O=C(CCCl)c1cccc(O)c1Cl. The molecule has 0 fully saturated rings. The lowest BCUT2D eigenvalue weighted by atomic mass is 10.1. The van der Waals surface area contributed by atoms with E-state index < -0.39 is 0 Å². The van der Waals surface area contributed by atoms with E-state index in [1.54, 1.807) is 12.1 Å². The molecular formula is C9H8Cl2O2. The zero-order valence-electron chi connectivity index (χ0n) is 6.76. The third-order valence-corrected chi connectivity index (χ3v) is 2.19. The van der Waals surface area contributed by atoms with E-state index in [9.17, 15) is 9.90 Å². The minimum Gasteiger partial charge on any atom is -0.506 e. The van der Waals surface area contributed by atoms with Crippen molar-refractivity contribution < 1.29 is 9.90 Å². The highest BCUT2D eigenvalue weighted by Crippen LogP contribution is 2.27. The Bertz CT molecular complexity index is 323. The first-order chi connectivity index (χ1) is 6.16. The second-order valence-corrected chi connectivity index (χ2v) is 3.26. The summed E-state index contributed by atoms with van der Waals surface area (Å²) in [6.07, 6.45) is 0.227. The molecule has 0 spiro atoms. The van der Waals surface area contributed by atoms with Crippen molar-refractivity contribution in [3.8, 4) is 5.75 Å². The molecule has 0 aromatic heterocycles. The summed E-state index contributed by atoms with van der Waals surface area (Å²) in [6, 6.07) is 4.57. The fourth-order valence-corrected chi connectivity index (χ4v) is 1.36. The van der Waals surface area contributed by atoms with Gasteiger partial charge in [0.1, 0.15) is 5.75 Å². The molecule has 1 N–H and O–H groups in total. The number of aromatic hydroxyl groups is 1. The molecule has 1 rings (SSSR count). The lowest BCUT2D eigenvalue weighted by molar-refractivity contribution is 0.0989. The van der Waals surface area contributed by atoms with E-state index in [4.69, 9.17) is 23.2 Å². The van der Waals surface area contributed by atoms with Gasteiger partial charge in [-0.05, 0) is 12.1 Å². The lowest BCUT2D eigenvalue weighted by Gasteiger charge is -2.02. The molecule has 2 nitrogen and oxygen atoms in total. The van der Waals surface area contributed by atoms with Crippen LogP contribution < -0.4 is 0 Å². The van der Waals surface area contributed by atoms with Crippen LogP contribution in [0, 0.1) is 0 Å². The minimum atomic E-state index is -0.157. The van der Waals surface area contributed by atoms with E-state index in [-0.39, 0.29) is 28.9 Å². The van der Waals surface area contributed by atoms with Gasteiger partial charge >= 0.3 is 0 Å². The summed E-state index contributed by atoms with van der Waals surface area (Å²) in [5.74, 6) is 0.0168. The number of halogens is 2. The zero-order valence-corrected chi connectivity index (χ0v) is 8.27. The van der Waals surface area contributed by atoms with Crippen LogP contribution in [0.5, 0.6) is 5.75 Å². The van der Waals surface area contributed by atoms with Gasteiger partial charge < -0.3 is 5.11 Å². The minimum absolute atomic E-state index is 0.0814. The number of carbonyl (C=O) groups is 1. The van der Waals surface area contributed by atoms with Crippen molar-refractivity contribution in [2.24, 2.45) is 0 Å². The fraction of sp³-hybridized carbons (Fsp3) is 0.222. The van der Waals surface area contributed by atoms with Gasteiger partial charge in [0.05, 0.1) is 5.02 Å². The van der Waals surface area contributed by atoms with Crippen LogP contribution in [0.3, 0.4) is 0 Å². The first-order valence-corrected chi connectivity index (χ1v) is 4.64. The molecule has 0 aliphatic heterocycles. The number of carbonyl (C=O) groups excluding carboxylic acids is 1. The Kier molecular flexibility index (Phi) is 3.58. The van der Waals surface area contributed by atoms with E-state index in [1.807, 2.05) is 0 Å². The summed E-state index contributed by atoms with van der Waals surface area (Å²) < 4.78 is 0. The second-order valence-electron chi connectivity index (χ2n) is 2.50. The Labute approximate surface area is 86.1 Å². The van der Waals surface area contributed by atoms with Crippen LogP contribution in [0.25, 0.3) is 0 Å². The molecule has 1 aromatic rings. The number of hydrogen-bond acceptors (Lipinski definition) is 2. The number of ketones is 1. The summed E-state index contributed by atoms with van der Waals surface area (Å²) in [7, 11) is 0. The molecule has 0 saturated heterocycles. The number of benzene rings is 1. The van der Waals surface area contributed by atoms with Gasteiger partial charge in [0.25, 0.3) is 0 Å². The second kappa shape index (κ2) is 4.49. The average Bonchev–Trinajstić information content (AvgIpc) is 2.10. The fourth-order valence-electron chi connectivity index (χ4n) is 0.956. The van der Waals surface area contributed by atoms with Gasteiger partial charge in [0.2, 0.25) is 0 Å². The molecular weight excluding hydrogens is 211 g/mol. The van der Waals surface area contributed by atoms with Crippen LogP contribution in [-0.4, -0.2) is 16.8 Å². The Hall–Kier alpha value is -0.730. The molecule has 70 valence electrons. The molecule has 0 amide bonds. The number of phenolic OH excluding ortho intramolecular Hbond substituents is 1. The maximum atomic E-state index is 11.3. The largest absolute Gasteiger partial charge is 0.506 e. The van der Waals surface area contributed by atoms with Crippen molar-refractivity contribution >= 4 is 29.0 Å². The predicted octanol–water partition coefficient (Wildman–Crippen LogP) is 2.86. The Morgan fingerprint density at radius 1 is 1.46 bits per heavy atom. The molecule has 0 heterocycles. The Balaban J connectivity index is 3.01. The van der Waals surface area contributed by atoms with Crippen LogP contribution in [0.4, 0.5) is 0 Å². The van der Waals surface area contributed by atoms with Crippen LogP contribution in [0.2, 0.25) is 5.02 Å². The molecule has 0 bridgehead atoms. The standard InChI is InChI=1S/C9H8Cl2O2/c10-5-4-7(12)6-2-1-3-8(13)9(6)11/h1-3,13H,4-5H2. The van der Waals surface area contributed by atoms with Crippen molar-refractivity contribution in [1.29, 1.82) is 0 Å². The Morgan fingerprint density at radius 3 is 2.77 bits per heavy atom. The van der Waals surface area contributed by atoms with Crippen molar-refractivity contribution in [1.82, 2.24) is 0 Å². The monoisotopic (exact) mass is 218 g/mol. The van der Waals surface area contributed by atoms with Crippen LogP contribution in [0.1, 0.15) is 16.8 Å². The summed E-state index contributed by atoms with van der Waals surface area (Å²) in [4.78, 5) is 11.3. The number of alkyl halides is 1. The van der Waals surface area contributed by atoms with Crippen molar-refractivity contribution in [2.75, 3.05) is 5.88 Å². The van der Waals surface area contributed by atoms with Crippen LogP contribution in [-0.2, 0) is 0 Å². The predicted molar refractivity (Wildman–Crippen MR) is 52.8 cm³/mol. The van der Waals surface area contributed by atoms with Gasteiger partial charge in [-0.2, -0.15) is 0 Å². The quantitative estimate of drug-likeness (QED) is 0.626. The molecule has 1 aromatic carbocycles. The van der Waals surface area contributed by atoms with E-state index in [1.165, 1.54) is 6.07 Å². The highest BCUT2D eigenvalue weighted by Gasteiger charge is 2.11. The summed E-state index contributed by atoms with van der Waals surface area (Å²) in [5, 5.41) is 9.30. The van der Waals surface area contributed by atoms with E-state index >= 15 is 0 Å². The molecule has 0 radical (unpaired) electrons. The van der Waals surface area contributed by atoms with Gasteiger partial charge in [-0.1, -0.05) is 17.7 Å².